The van der Waals surface area contributed by atoms with E-state index in [1.165, 1.54) is 36.5 Å². The molecule has 2 aromatic carbocycles. The van der Waals surface area contributed by atoms with Crippen LogP contribution in [0.15, 0.2) is 41.4 Å². The molecule has 0 saturated heterocycles. The molecule has 0 aromatic heterocycles. The van der Waals surface area contributed by atoms with Crippen molar-refractivity contribution in [3.63, 3.8) is 0 Å². The van der Waals surface area contributed by atoms with Gasteiger partial charge in [0.05, 0.1) is 5.02 Å². The van der Waals surface area contributed by atoms with Gasteiger partial charge in [-0.15, -0.1) is 0 Å². The van der Waals surface area contributed by atoms with Gasteiger partial charge >= 0.3 is 12.3 Å². The Morgan fingerprint density at radius 2 is 1.88 bits per heavy atom. The molecule has 0 aliphatic carbocycles. The Balaban J connectivity index is 2.24. The maximum Gasteiger partial charge on any atom is 0.340 e. The van der Waals surface area contributed by atoms with Gasteiger partial charge in [0, 0.05) is 16.8 Å². The molecule has 0 saturated carbocycles. The molecule has 0 aliphatic heterocycles. The van der Waals surface area contributed by atoms with E-state index in [2.05, 4.69) is 4.99 Å². The fourth-order valence-electron chi connectivity index (χ4n) is 1.75. The Hall–Kier alpha value is -1.99. The van der Waals surface area contributed by atoms with Gasteiger partial charge in [0.25, 0.3) is 0 Å². The predicted octanol–water partition coefficient (Wildman–Crippen LogP) is 5.73. The molecule has 2 aromatic rings. The van der Waals surface area contributed by atoms with Crippen LogP contribution in [0.4, 0.5) is 23.2 Å². The summed E-state index contributed by atoms with van der Waals surface area (Å²) in [6.07, 6.45) is -2.64. The Morgan fingerprint density at radius 1 is 1.20 bits per heavy atom. The van der Waals surface area contributed by atoms with Gasteiger partial charge in [-0.1, -0.05) is 35.3 Å². The van der Waals surface area contributed by atoms with Gasteiger partial charge in [-0.3, -0.25) is 4.99 Å². The second kappa shape index (κ2) is 7.93. The van der Waals surface area contributed by atoms with Crippen LogP contribution in [-0.2, 0) is 0 Å². The number of rotatable bonds is 6. The third kappa shape index (κ3) is 4.99. The molecule has 25 heavy (non-hydrogen) atoms. The molecule has 134 valence electrons. The number of phenolic OH excluding ortho intramolecular Hbond substituents is 1. The quantitative estimate of drug-likeness (QED) is 0.501. The topological polar surface area (TPSA) is 41.8 Å². The minimum atomic E-state index is -4.28. The molecule has 9 heteroatoms. The maximum absolute atomic E-state index is 13.0. The summed E-state index contributed by atoms with van der Waals surface area (Å²) in [5, 5.41) is 10.1. The van der Waals surface area contributed by atoms with Crippen molar-refractivity contribution in [1.29, 1.82) is 0 Å². The molecule has 0 aliphatic rings. The van der Waals surface area contributed by atoms with E-state index in [4.69, 9.17) is 27.9 Å². The molecule has 0 heterocycles. The number of para-hydroxylation sites is 2. The van der Waals surface area contributed by atoms with E-state index in [0.29, 0.717) is 0 Å². The summed E-state index contributed by atoms with van der Waals surface area (Å²) in [7, 11) is 0. The fourth-order valence-corrected chi connectivity index (χ4v) is 2.26. The normalized spacial score (nSPS) is 12.1. The first-order chi connectivity index (χ1) is 11.7. The second-order valence-electron chi connectivity index (χ2n) is 4.90. The first-order valence-corrected chi connectivity index (χ1v) is 7.56. The number of halogens is 6. The van der Waals surface area contributed by atoms with E-state index in [0.717, 1.165) is 0 Å². The van der Waals surface area contributed by atoms with Gasteiger partial charge in [-0.05, 0) is 24.3 Å². The third-order valence-electron chi connectivity index (χ3n) is 3.01. The molecular formula is C16H11Cl2F4NO2. The van der Waals surface area contributed by atoms with Gasteiger partial charge in [-0.2, -0.15) is 8.78 Å². The van der Waals surface area contributed by atoms with Gasteiger partial charge in [0.2, 0.25) is 0 Å². The van der Waals surface area contributed by atoms with Crippen molar-refractivity contribution < 1.29 is 27.4 Å². The van der Waals surface area contributed by atoms with E-state index in [-0.39, 0.29) is 32.8 Å². The average Bonchev–Trinajstić information content (AvgIpc) is 2.55. The molecule has 0 spiro atoms. The maximum atomic E-state index is 13.0. The Bertz CT molecular complexity index is 785. The van der Waals surface area contributed by atoms with E-state index in [1.807, 2.05) is 0 Å². The smallest absolute Gasteiger partial charge is 0.340 e. The molecule has 1 N–H and O–H groups in total. The van der Waals surface area contributed by atoms with Crippen LogP contribution in [0.2, 0.25) is 10.0 Å². The molecule has 3 nitrogen and oxygen atoms in total. The highest BCUT2D eigenvalue weighted by atomic mass is 35.5. The van der Waals surface area contributed by atoms with Gasteiger partial charge in [0.15, 0.2) is 6.61 Å². The zero-order chi connectivity index (χ0) is 18.6. The number of hydrogen-bond donors (Lipinski definition) is 1. The summed E-state index contributed by atoms with van der Waals surface area (Å²) in [4.78, 5) is 4.01. The van der Waals surface area contributed by atoms with Crippen LogP contribution in [0.1, 0.15) is 5.56 Å². The van der Waals surface area contributed by atoms with Gasteiger partial charge in [0.1, 0.15) is 17.2 Å². The van der Waals surface area contributed by atoms with Crippen molar-refractivity contribution in [3.05, 3.63) is 52.0 Å². The van der Waals surface area contributed by atoms with E-state index < -0.39 is 19.0 Å². The summed E-state index contributed by atoms with van der Waals surface area (Å²) in [6.45, 7) is -1.49. The van der Waals surface area contributed by atoms with Crippen LogP contribution >= 0.6 is 23.2 Å². The zero-order valence-electron chi connectivity index (χ0n) is 12.4. The lowest BCUT2D eigenvalue weighted by Crippen LogP contribution is -2.33. The lowest BCUT2D eigenvalue weighted by Gasteiger charge is -2.16. The monoisotopic (exact) mass is 395 g/mol. The van der Waals surface area contributed by atoms with Gasteiger partial charge in [-0.25, -0.2) is 8.78 Å². The minimum Gasteiger partial charge on any atom is -0.506 e. The zero-order valence-corrected chi connectivity index (χ0v) is 13.9. The number of hydrogen-bond acceptors (Lipinski definition) is 3. The van der Waals surface area contributed by atoms with Crippen LogP contribution in [0.5, 0.6) is 11.5 Å². The SMILES string of the molecule is Oc1c(Cl)cc(Cl)cc1C=Nc1ccccc1OCC(F)(F)C(F)F. The van der Waals surface area contributed by atoms with Crippen LogP contribution in [0, 0.1) is 0 Å². The van der Waals surface area contributed by atoms with Crippen molar-refractivity contribution in [2.75, 3.05) is 6.61 Å². The Kier molecular flexibility index (Phi) is 6.13. The minimum absolute atomic E-state index is 0.00932. The van der Waals surface area contributed by atoms with Crippen molar-refractivity contribution >= 4 is 35.1 Å². The number of nitrogens with zero attached hydrogens (tertiary/aromatic N) is 1. The molecule has 0 radical (unpaired) electrons. The van der Waals surface area contributed by atoms with Gasteiger partial charge < -0.3 is 9.84 Å². The van der Waals surface area contributed by atoms with Crippen LogP contribution < -0.4 is 4.74 Å². The number of alkyl halides is 4. The molecule has 2 rings (SSSR count). The van der Waals surface area contributed by atoms with Crippen LogP contribution in [-0.4, -0.2) is 30.3 Å². The first kappa shape index (κ1) is 19.3. The lowest BCUT2D eigenvalue weighted by atomic mass is 10.2. The van der Waals surface area contributed by atoms with Crippen LogP contribution in [0.3, 0.4) is 0 Å². The number of phenols is 1. The summed E-state index contributed by atoms with van der Waals surface area (Å²) >= 11 is 11.6. The number of ether oxygens (including phenoxy) is 1. The largest absolute Gasteiger partial charge is 0.506 e. The Morgan fingerprint density at radius 3 is 2.56 bits per heavy atom. The number of aromatic hydroxyl groups is 1. The molecule has 0 fully saturated rings. The molecular weight excluding hydrogens is 385 g/mol. The molecule has 0 bridgehead atoms. The van der Waals surface area contributed by atoms with E-state index >= 15 is 0 Å². The van der Waals surface area contributed by atoms with E-state index in [1.54, 1.807) is 6.07 Å². The molecule has 0 atom stereocenters. The second-order valence-corrected chi connectivity index (χ2v) is 5.75. The Labute approximate surface area is 150 Å². The van der Waals surface area contributed by atoms with Crippen molar-refractivity contribution in [2.24, 2.45) is 4.99 Å². The number of benzene rings is 2. The summed E-state index contributed by atoms with van der Waals surface area (Å²) in [6, 6.07) is 8.48. The highest BCUT2D eigenvalue weighted by Crippen LogP contribution is 2.33. The molecule has 0 unspecified atom stereocenters. The summed E-state index contributed by atoms with van der Waals surface area (Å²) in [5.41, 5.74) is 0.285. The first-order valence-electron chi connectivity index (χ1n) is 6.80. The van der Waals surface area contributed by atoms with Crippen molar-refractivity contribution in [1.82, 2.24) is 0 Å². The highest BCUT2D eigenvalue weighted by Gasteiger charge is 2.41. The average molecular weight is 396 g/mol. The summed E-state index contributed by atoms with van der Waals surface area (Å²) < 4.78 is 55.1. The number of aliphatic imine (C=N–C) groups is 1. The fraction of sp³-hybridized carbons (Fsp3) is 0.188. The standard InChI is InChI=1S/C16H11Cl2F4NO2/c17-10-5-9(14(24)11(18)6-10)7-23-12-3-1-2-4-13(12)25-8-16(21,22)15(19)20/h1-7,15,24H,8H2. The predicted molar refractivity (Wildman–Crippen MR) is 88.3 cm³/mol. The summed E-state index contributed by atoms with van der Waals surface area (Å²) in [5.74, 6) is -4.67. The highest BCUT2D eigenvalue weighted by molar-refractivity contribution is 6.36. The van der Waals surface area contributed by atoms with Crippen molar-refractivity contribution in [2.45, 2.75) is 12.3 Å². The van der Waals surface area contributed by atoms with Crippen LogP contribution in [0.25, 0.3) is 0 Å². The molecule has 0 amide bonds. The van der Waals surface area contributed by atoms with E-state index in [9.17, 15) is 22.7 Å². The lowest BCUT2D eigenvalue weighted by molar-refractivity contribution is -0.148. The van der Waals surface area contributed by atoms with Crippen molar-refractivity contribution in [3.8, 4) is 11.5 Å². The third-order valence-corrected chi connectivity index (χ3v) is 3.51.